The Labute approximate surface area is 143 Å². The second-order valence-electron chi connectivity index (χ2n) is 6.82. The molecule has 1 atom stereocenters. The molecule has 0 aliphatic carbocycles. The number of hydrogen-bond acceptors (Lipinski definition) is 5. The van der Waals surface area contributed by atoms with Crippen molar-refractivity contribution >= 4 is 17.7 Å². The Morgan fingerprint density at radius 2 is 2.04 bits per heavy atom. The maximum atomic E-state index is 12.1. The predicted molar refractivity (Wildman–Crippen MR) is 93.8 cm³/mol. The average molecular weight is 340 g/mol. The topological polar surface area (TPSA) is 54.7 Å². The first-order chi connectivity index (χ1) is 10.8. The summed E-state index contributed by atoms with van der Waals surface area (Å²) in [6, 6.07) is 4.04. The SMILES string of the molecule is Cc1ccc(C(CNC(=O)CSC(C)(C)C)N2CCOCC2)o1. The summed E-state index contributed by atoms with van der Waals surface area (Å²) in [4.78, 5) is 14.4. The summed E-state index contributed by atoms with van der Waals surface area (Å²) >= 11 is 1.66. The fourth-order valence-corrected chi connectivity index (χ4v) is 3.14. The third-order valence-corrected chi connectivity index (χ3v) is 4.98. The lowest BCUT2D eigenvalue weighted by Gasteiger charge is -2.33. The lowest BCUT2D eigenvalue weighted by molar-refractivity contribution is -0.119. The maximum Gasteiger partial charge on any atom is 0.230 e. The van der Waals surface area contributed by atoms with Gasteiger partial charge in [-0.2, -0.15) is 0 Å². The molecule has 0 spiro atoms. The van der Waals surface area contributed by atoms with E-state index in [-0.39, 0.29) is 16.7 Å². The largest absolute Gasteiger partial charge is 0.465 e. The van der Waals surface area contributed by atoms with Crippen LogP contribution >= 0.6 is 11.8 Å². The Morgan fingerprint density at radius 1 is 1.35 bits per heavy atom. The zero-order valence-electron chi connectivity index (χ0n) is 14.6. The van der Waals surface area contributed by atoms with E-state index in [0.717, 1.165) is 37.8 Å². The van der Waals surface area contributed by atoms with Gasteiger partial charge in [0.15, 0.2) is 0 Å². The van der Waals surface area contributed by atoms with Gasteiger partial charge in [-0.3, -0.25) is 9.69 Å². The van der Waals surface area contributed by atoms with E-state index in [4.69, 9.17) is 9.15 Å². The summed E-state index contributed by atoms with van der Waals surface area (Å²) in [5.74, 6) is 2.36. The van der Waals surface area contributed by atoms with Crippen LogP contribution in [0.5, 0.6) is 0 Å². The normalized spacial score (nSPS) is 17.9. The lowest BCUT2D eigenvalue weighted by atomic mass is 10.1. The number of amides is 1. The van der Waals surface area contributed by atoms with Gasteiger partial charge in [0.1, 0.15) is 11.5 Å². The first-order valence-corrected chi connectivity index (χ1v) is 9.12. The highest BCUT2D eigenvalue weighted by molar-refractivity contribution is 8.01. The molecule has 2 heterocycles. The van der Waals surface area contributed by atoms with Gasteiger partial charge in [0, 0.05) is 24.4 Å². The Morgan fingerprint density at radius 3 is 2.61 bits per heavy atom. The summed E-state index contributed by atoms with van der Waals surface area (Å²) in [7, 11) is 0. The van der Waals surface area contributed by atoms with Crippen LogP contribution in [0.1, 0.15) is 38.3 Å². The van der Waals surface area contributed by atoms with Crippen molar-refractivity contribution in [3.8, 4) is 0 Å². The van der Waals surface area contributed by atoms with Gasteiger partial charge >= 0.3 is 0 Å². The third kappa shape index (κ3) is 6.20. The molecule has 5 nitrogen and oxygen atoms in total. The van der Waals surface area contributed by atoms with Gasteiger partial charge in [0.25, 0.3) is 0 Å². The van der Waals surface area contributed by atoms with Crippen LogP contribution in [0.2, 0.25) is 0 Å². The van der Waals surface area contributed by atoms with Crippen molar-refractivity contribution in [2.45, 2.75) is 38.5 Å². The van der Waals surface area contributed by atoms with Crippen LogP contribution in [0.25, 0.3) is 0 Å². The van der Waals surface area contributed by atoms with E-state index in [1.54, 1.807) is 11.8 Å². The van der Waals surface area contributed by atoms with Crippen molar-refractivity contribution in [2.24, 2.45) is 0 Å². The molecule has 1 aromatic heterocycles. The number of nitrogens with zero attached hydrogens (tertiary/aromatic N) is 1. The Bertz CT molecular complexity index is 504. The van der Waals surface area contributed by atoms with Gasteiger partial charge in [-0.05, 0) is 19.1 Å². The molecule has 1 amide bonds. The first-order valence-electron chi connectivity index (χ1n) is 8.14. The Hall–Kier alpha value is -0.980. The zero-order chi connectivity index (χ0) is 16.9. The number of nitrogens with one attached hydrogen (secondary N) is 1. The molecule has 0 saturated carbocycles. The molecule has 0 aromatic carbocycles. The summed E-state index contributed by atoms with van der Waals surface area (Å²) in [6.07, 6.45) is 0. The second-order valence-corrected chi connectivity index (χ2v) is 8.62. The zero-order valence-corrected chi connectivity index (χ0v) is 15.4. The van der Waals surface area contributed by atoms with E-state index in [2.05, 4.69) is 31.0 Å². The van der Waals surface area contributed by atoms with Crippen molar-refractivity contribution in [1.29, 1.82) is 0 Å². The minimum absolute atomic E-state index is 0.0659. The van der Waals surface area contributed by atoms with Gasteiger partial charge in [-0.15, -0.1) is 11.8 Å². The van der Waals surface area contributed by atoms with Gasteiger partial charge in [-0.1, -0.05) is 20.8 Å². The number of aryl methyl sites for hydroxylation is 1. The molecule has 0 bridgehead atoms. The van der Waals surface area contributed by atoms with Crippen molar-refractivity contribution in [3.05, 3.63) is 23.7 Å². The van der Waals surface area contributed by atoms with Crippen LogP contribution in [0.3, 0.4) is 0 Å². The van der Waals surface area contributed by atoms with Crippen molar-refractivity contribution < 1.29 is 13.9 Å². The van der Waals surface area contributed by atoms with E-state index >= 15 is 0 Å². The summed E-state index contributed by atoms with van der Waals surface area (Å²) in [5.41, 5.74) is 0. The molecular weight excluding hydrogens is 312 g/mol. The van der Waals surface area contributed by atoms with Gasteiger partial charge in [0.2, 0.25) is 5.91 Å². The second kappa shape index (κ2) is 8.22. The molecule has 1 N–H and O–H groups in total. The molecule has 6 heteroatoms. The summed E-state index contributed by atoms with van der Waals surface area (Å²) in [5, 5.41) is 3.06. The Kier molecular flexibility index (Phi) is 6.56. The monoisotopic (exact) mass is 340 g/mol. The van der Waals surface area contributed by atoms with Crippen LogP contribution < -0.4 is 5.32 Å². The van der Waals surface area contributed by atoms with Crippen molar-refractivity contribution in [3.63, 3.8) is 0 Å². The van der Waals surface area contributed by atoms with Crippen LogP contribution in [0, 0.1) is 6.92 Å². The third-order valence-electron chi connectivity index (χ3n) is 3.70. The number of ether oxygens (including phenoxy) is 1. The molecule has 1 aliphatic heterocycles. The van der Waals surface area contributed by atoms with Gasteiger partial charge in [-0.25, -0.2) is 0 Å². The minimum Gasteiger partial charge on any atom is -0.465 e. The van der Waals surface area contributed by atoms with E-state index in [1.807, 2.05) is 19.1 Å². The number of carbonyl (C=O) groups excluding carboxylic acids is 1. The van der Waals surface area contributed by atoms with Crippen LogP contribution in [0.15, 0.2) is 16.5 Å². The first kappa shape index (κ1) is 18.4. The fraction of sp³-hybridized carbons (Fsp3) is 0.706. The van der Waals surface area contributed by atoms with Crippen LogP contribution in [-0.4, -0.2) is 54.2 Å². The smallest absolute Gasteiger partial charge is 0.230 e. The van der Waals surface area contributed by atoms with Gasteiger partial charge in [0.05, 0.1) is 25.0 Å². The number of carbonyl (C=O) groups is 1. The molecule has 1 unspecified atom stereocenters. The van der Waals surface area contributed by atoms with Crippen molar-refractivity contribution in [2.75, 3.05) is 38.6 Å². The van der Waals surface area contributed by atoms with Crippen LogP contribution in [-0.2, 0) is 9.53 Å². The predicted octanol–water partition coefficient (Wildman–Crippen LogP) is 2.61. The molecule has 1 fully saturated rings. The summed E-state index contributed by atoms with van der Waals surface area (Å²) < 4.78 is 11.3. The van der Waals surface area contributed by atoms with Crippen LogP contribution in [0.4, 0.5) is 0 Å². The molecule has 2 rings (SSSR count). The molecule has 0 radical (unpaired) electrons. The molecule has 23 heavy (non-hydrogen) atoms. The number of furan rings is 1. The quantitative estimate of drug-likeness (QED) is 0.863. The number of thioether (sulfide) groups is 1. The van der Waals surface area contributed by atoms with E-state index in [1.165, 1.54) is 0 Å². The highest BCUT2D eigenvalue weighted by Crippen LogP contribution is 2.24. The van der Waals surface area contributed by atoms with Gasteiger partial charge < -0.3 is 14.5 Å². The highest BCUT2D eigenvalue weighted by atomic mass is 32.2. The number of morpholine rings is 1. The number of hydrogen-bond donors (Lipinski definition) is 1. The molecule has 1 aliphatic rings. The number of rotatable bonds is 6. The van der Waals surface area contributed by atoms with E-state index < -0.39 is 0 Å². The molecule has 1 aromatic rings. The lowest BCUT2D eigenvalue weighted by Crippen LogP contribution is -2.44. The maximum absolute atomic E-state index is 12.1. The Balaban J connectivity index is 1.93. The van der Waals surface area contributed by atoms with Crippen molar-refractivity contribution in [1.82, 2.24) is 10.2 Å². The molecule has 1 saturated heterocycles. The minimum atomic E-state index is 0.0659. The average Bonchev–Trinajstić information content (AvgIpc) is 2.92. The molecule has 130 valence electrons. The highest BCUT2D eigenvalue weighted by Gasteiger charge is 2.25. The molecular formula is C17H28N2O3S. The fourth-order valence-electron chi connectivity index (χ4n) is 2.47. The van der Waals surface area contributed by atoms with E-state index in [0.29, 0.717) is 12.3 Å². The van der Waals surface area contributed by atoms with E-state index in [9.17, 15) is 4.79 Å². The standard InChI is InChI=1S/C17H28N2O3S/c1-13-5-6-15(22-13)14(19-7-9-21-10-8-19)11-18-16(20)12-23-17(2,3)4/h5-6,14H,7-12H2,1-4H3,(H,18,20). The summed E-state index contributed by atoms with van der Waals surface area (Å²) in [6.45, 7) is 12.0.